The van der Waals surface area contributed by atoms with Crippen molar-refractivity contribution in [3.8, 4) is 0 Å². The van der Waals surface area contributed by atoms with E-state index in [-0.39, 0.29) is 20.0 Å². The number of nitrogens with one attached hydrogen (secondary N) is 1. The molecule has 0 aromatic carbocycles. The highest BCUT2D eigenvalue weighted by atomic mass is 35.5. The second-order valence-electron chi connectivity index (χ2n) is 3.11. The SMILES string of the molecule is CC[C@H](NS(=O)(=O)c1cc(Cl)sc1Cl)C(=O)O. The lowest BCUT2D eigenvalue weighted by atomic mass is 10.2. The van der Waals surface area contributed by atoms with Gasteiger partial charge in [-0.1, -0.05) is 30.1 Å². The monoisotopic (exact) mass is 317 g/mol. The van der Waals surface area contributed by atoms with Crippen LogP contribution in [-0.2, 0) is 14.8 Å². The predicted octanol–water partition coefficient (Wildman–Crippen LogP) is 2.20. The summed E-state index contributed by atoms with van der Waals surface area (Å²) in [4.78, 5) is 10.5. The molecule has 1 atom stereocenters. The molecule has 1 aromatic rings. The Morgan fingerprint density at radius 2 is 2.18 bits per heavy atom. The Morgan fingerprint density at radius 1 is 1.59 bits per heavy atom. The lowest BCUT2D eigenvalue weighted by Gasteiger charge is -2.11. The maximum Gasteiger partial charge on any atom is 0.321 e. The van der Waals surface area contributed by atoms with Crippen molar-refractivity contribution < 1.29 is 18.3 Å². The summed E-state index contributed by atoms with van der Waals surface area (Å²) in [6.45, 7) is 1.56. The molecule has 1 rings (SSSR count). The molecule has 9 heteroatoms. The van der Waals surface area contributed by atoms with E-state index in [0.29, 0.717) is 0 Å². The summed E-state index contributed by atoms with van der Waals surface area (Å²) in [6.07, 6.45) is 0.129. The number of carboxylic acids is 1. The van der Waals surface area contributed by atoms with Gasteiger partial charge < -0.3 is 5.11 Å². The van der Waals surface area contributed by atoms with Crippen molar-refractivity contribution in [1.29, 1.82) is 0 Å². The van der Waals surface area contributed by atoms with Crippen molar-refractivity contribution in [1.82, 2.24) is 4.72 Å². The van der Waals surface area contributed by atoms with E-state index in [1.165, 1.54) is 6.07 Å². The van der Waals surface area contributed by atoms with Gasteiger partial charge in [0.2, 0.25) is 10.0 Å². The van der Waals surface area contributed by atoms with Crippen molar-refractivity contribution in [3.05, 3.63) is 14.7 Å². The van der Waals surface area contributed by atoms with Crippen LogP contribution in [0.3, 0.4) is 0 Å². The predicted molar refractivity (Wildman–Crippen MR) is 66.4 cm³/mol. The molecule has 96 valence electrons. The first-order valence-corrected chi connectivity index (χ1v) is 7.53. The Balaban J connectivity index is 3.04. The number of hydrogen-bond acceptors (Lipinski definition) is 4. The van der Waals surface area contributed by atoms with Gasteiger partial charge in [-0.25, -0.2) is 8.42 Å². The van der Waals surface area contributed by atoms with E-state index in [1.54, 1.807) is 6.92 Å². The van der Waals surface area contributed by atoms with Crippen LogP contribution in [0.25, 0.3) is 0 Å². The third-order valence-corrected chi connectivity index (χ3v) is 5.14. The molecule has 0 unspecified atom stereocenters. The van der Waals surface area contributed by atoms with Gasteiger partial charge in [0, 0.05) is 0 Å². The molecular formula is C8H9Cl2NO4S2. The number of sulfonamides is 1. The van der Waals surface area contributed by atoms with Crippen molar-refractivity contribution in [2.45, 2.75) is 24.3 Å². The number of rotatable bonds is 5. The van der Waals surface area contributed by atoms with Gasteiger partial charge in [-0.2, -0.15) is 4.72 Å². The number of carboxylic acid groups (broad SMARTS) is 1. The molecule has 0 fully saturated rings. The first kappa shape index (κ1) is 14.7. The summed E-state index contributed by atoms with van der Waals surface area (Å²) < 4.78 is 25.9. The molecule has 0 aliphatic carbocycles. The Labute approximate surface area is 112 Å². The number of hydrogen-bond donors (Lipinski definition) is 2. The van der Waals surface area contributed by atoms with Crippen molar-refractivity contribution in [2.24, 2.45) is 0 Å². The molecule has 0 bridgehead atoms. The zero-order valence-electron chi connectivity index (χ0n) is 8.61. The summed E-state index contributed by atoms with van der Waals surface area (Å²) in [5, 5.41) is 8.77. The van der Waals surface area contributed by atoms with E-state index in [1.807, 2.05) is 4.72 Å². The highest BCUT2D eigenvalue weighted by Crippen LogP contribution is 2.34. The fraction of sp³-hybridized carbons (Fsp3) is 0.375. The Morgan fingerprint density at radius 3 is 2.53 bits per heavy atom. The third-order valence-electron chi connectivity index (χ3n) is 1.92. The smallest absolute Gasteiger partial charge is 0.321 e. The van der Waals surface area contributed by atoms with Crippen LogP contribution in [0.4, 0.5) is 0 Å². The molecule has 0 amide bonds. The Kier molecular flexibility index (Phi) is 4.79. The van der Waals surface area contributed by atoms with E-state index in [2.05, 4.69) is 0 Å². The van der Waals surface area contributed by atoms with Gasteiger partial charge in [0.15, 0.2) is 0 Å². The minimum atomic E-state index is -3.96. The highest BCUT2D eigenvalue weighted by Gasteiger charge is 2.27. The molecular weight excluding hydrogens is 309 g/mol. The largest absolute Gasteiger partial charge is 0.480 e. The summed E-state index contributed by atoms with van der Waals surface area (Å²) in [5.74, 6) is -1.24. The van der Waals surface area contributed by atoms with Crippen LogP contribution < -0.4 is 4.72 Å². The highest BCUT2D eigenvalue weighted by molar-refractivity contribution is 7.89. The van der Waals surface area contributed by atoms with E-state index in [4.69, 9.17) is 28.3 Å². The lowest BCUT2D eigenvalue weighted by Crippen LogP contribution is -2.40. The van der Waals surface area contributed by atoms with Gasteiger partial charge >= 0.3 is 5.97 Å². The lowest BCUT2D eigenvalue weighted by molar-refractivity contribution is -0.139. The van der Waals surface area contributed by atoms with E-state index in [0.717, 1.165) is 11.3 Å². The molecule has 5 nitrogen and oxygen atoms in total. The number of aliphatic carboxylic acids is 1. The van der Waals surface area contributed by atoms with Crippen LogP contribution >= 0.6 is 34.5 Å². The van der Waals surface area contributed by atoms with Gasteiger partial charge in [0.05, 0.1) is 4.34 Å². The van der Waals surface area contributed by atoms with Crippen LogP contribution in [0.2, 0.25) is 8.67 Å². The standard InChI is InChI=1S/C8H9Cl2NO4S2/c1-2-4(8(12)13)11-17(14,15)5-3-6(9)16-7(5)10/h3-4,11H,2H2,1H3,(H,12,13)/t4-/m0/s1. The van der Waals surface area contributed by atoms with Gasteiger partial charge in [-0.15, -0.1) is 11.3 Å². The van der Waals surface area contributed by atoms with Gasteiger partial charge in [0.25, 0.3) is 0 Å². The Hall–Kier alpha value is -0.340. The molecule has 0 aliphatic rings. The van der Waals surface area contributed by atoms with E-state index in [9.17, 15) is 13.2 Å². The van der Waals surface area contributed by atoms with Gasteiger partial charge in [-0.3, -0.25) is 4.79 Å². The average Bonchev–Trinajstić information content (AvgIpc) is 2.54. The molecule has 0 spiro atoms. The fourth-order valence-corrected chi connectivity index (χ4v) is 4.49. The first-order chi connectivity index (χ1) is 7.77. The molecule has 0 saturated carbocycles. The normalized spacial score (nSPS) is 13.6. The zero-order chi connectivity index (χ0) is 13.2. The van der Waals surface area contributed by atoms with Crippen molar-refractivity contribution in [2.75, 3.05) is 0 Å². The maximum absolute atomic E-state index is 11.8. The molecule has 2 N–H and O–H groups in total. The third kappa shape index (κ3) is 3.56. The second-order valence-corrected chi connectivity index (χ2v) is 7.08. The van der Waals surface area contributed by atoms with E-state index >= 15 is 0 Å². The first-order valence-electron chi connectivity index (χ1n) is 4.48. The van der Waals surface area contributed by atoms with Gasteiger partial charge in [0.1, 0.15) is 15.3 Å². The van der Waals surface area contributed by atoms with Gasteiger partial charge in [-0.05, 0) is 12.5 Å². The quantitative estimate of drug-likeness (QED) is 0.872. The fourth-order valence-electron chi connectivity index (χ4n) is 1.07. The topological polar surface area (TPSA) is 83.5 Å². The van der Waals surface area contributed by atoms with Crippen molar-refractivity contribution >= 4 is 50.5 Å². The molecule has 0 radical (unpaired) electrons. The number of halogens is 2. The van der Waals surface area contributed by atoms with Crippen LogP contribution in [-0.4, -0.2) is 25.5 Å². The van der Waals surface area contributed by atoms with Crippen LogP contribution in [0.5, 0.6) is 0 Å². The zero-order valence-corrected chi connectivity index (χ0v) is 11.8. The molecule has 0 saturated heterocycles. The average molecular weight is 318 g/mol. The minimum Gasteiger partial charge on any atom is -0.480 e. The molecule has 1 aromatic heterocycles. The molecule has 0 aliphatic heterocycles. The van der Waals surface area contributed by atoms with E-state index < -0.39 is 22.0 Å². The van der Waals surface area contributed by atoms with Crippen molar-refractivity contribution in [3.63, 3.8) is 0 Å². The second kappa shape index (κ2) is 5.53. The summed E-state index contributed by atoms with van der Waals surface area (Å²) in [6, 6.07) is 0.000548. The summed E-state index contributed by atoms with van der Waals surface area (Å²) in [5.41, 5.74) is 0. The van der Waals surface area contributed by atoms with Crippen LogP contribution in [0, 0.1) is 0 Å². The number of carbonyl (C=O) groups is 1. The number of thiophene rings is 1. The van der Waals surface area contributed by atoms with Crippen LogP contribution in [0.1, 0.15) is 13.3 Å². The summed E-state index contributed by atoms with van der Waals surface area (Å²) >= 11 is 12.2. The summed E-state index contributed by atoms with van der Waals surface area (Å²) in [7, 11) is -3.96. The molecule has 17 heavy (non-hydrogen) atoms. The minimum absolute atomic E-state index is 0.00254. The maximum atomic E-state index is 11.8. The van der Waals surface area contributed by atoms with Crippen LogP contribution in [0.15, 0.2) is 11.0 Å². The molecule has 1 heterocycles. The Bertz CT molecular complexity index is 526.